The van der Waals surface area contributed by atoms with Gasteiger partial charge in [-0.15, -0.1) is 0 Å². The molecule has 0 radical (unpaired) electrons. The van der Waals surface area contributed by atoms with E-state index in [0.29, 0.717) is 24.5 Å². The maximum Gasteiger partial charge on any atom is 0.0626 e. The number of hydrogen-bond donors (Lipinski definition) is 1. The van der Waals surface area contributed by atoms with Crippen molar-refractivity contribution in [1.82, 2.24) is 9.80 Å². The third-order valence-electron chi connectivity index (χ3n) is 3.81. The summed E-state index contributed by atoms with van der Waals surface area (Å²) in [5.41, 5.74) is 0. The first-order chi connectivity index (χ1) is 7.70. The van der Waals surface area contributed by atoms with Crippen molar-refractivity contribution >= 4 is 0 Å². The van der Waals surface area contributed by atoms with E-state index < -0.39 is 0 Å². The molecule has 2 aliphatic heterocycles. The van der Waals surface area contributed by atoms with Gasteiger partial charge in [0.05, 0.1) is 13.2 Å². The number of aliphatic hydroxyl groups excluding tert-OH is 1. The summed E-state index contributed by atoms with van der Waals surface area (Å²) in [4.78, 5) is 4.76. The fourth-order valence-electron chi connectivity index (χ4n) is 2.95. The summed E-state index contributed by atoms with van der Waals surface area (Å²) in [5.74, 6) is 1.12. The van der Waals surface area contributed by atoms with Crippen LogP contribution in [0.3, 0.4) is 0 Å². The van der Waals surface area contributed by atoms with Crippen LogP contribution >= 0.6 is 0 Å². The molecule has 0 spiro atoms. The largest absolute Gasteiger partial charge is 0.396 e. The molecule has 16 heavy (non-hydrogen) atoms. The summed E-state index contributed by atoms with van der Waals surface area (Å²) in [5, 5.41) is 9.17. The van der Waals surface area contributed by atoms with E-state index in [2.05, 4.69) is 23.9 Å². The van der Waals surface area contributed by atoms with Gasteiger partial charge in [0.1, 0.15) is 0 Å². The molecule has 0 saturated carbocycles. The number of ether oxygens (including phenoxy) is 1. The fourth-order valence-corrected chi connectivity index (χ4v) is 2.95. The smallest absolute Gasteiger partial charge is 0.0626 e. The molecule has 0 amide bonds. The van der Waals surface area contributed by atoms with E-state index in [-0.39, 0.29) is 0 Å². The Balaban J connectivity index is 1.88. The molecule has 0 aliphatic carbocycles. The lowest BCUT2D eigenvalue weighted by Crippen LogP contribution is -2.42. The molecule has 4 heteroatoms. The lowest BCUT2D eigenvalue weighted by atomic mass is 10.0. The molecular weight excluding hydrogens is 204 g/mol. The monoisotopic (exact) mass is 228 g/mol. The molecule has 0 aromatic rings. The zero-order valence-electron chi connectivity index (χ0n) is 10.4. The highest BCUT2D eigenvalue weighted by atomic mass is 16.5. The second kappa shape index (κ2) is 5.45. The Morgan fingerprint density at radius 1 is 1.38 bits per heavy atom. The molecule has 2 saturated heterocycles. The predicted octanol–water partition coefficient (Wildman–Crippen LogP) is -0.123. The molecule has 94 valence electrons. The molecule has 2 rings (SSSR count). The van der Waals surface area contributed by atoms with Gasteiger partial charge in [0.15, 0.2) is 0 Å². The molecule has 2 heterocycles. The van der Waals surface area contributed by atoms with E-state index in [0.717, 1.165) is 39.3 Å². The van der Waals surface area contributed by atoms with Gasteiger partial charge in [-0.25, -0.2) is 0 Å². The van der Waals surface area contributed by atoms with Crippen LogP contribution in [0.5, 0.6) is 0 Å². The number of hydrogen-bond acceptors (Lipinski definition) is 4. The molecule has 2 aliphatic rings. The van der Waals surface area contributed by atoms with Gasteiger partial charge < -0.3 is 14.7 Å². The van der Waals surface area contributed by atoms with Crippen LogP contribution in [-0.2, 0) is 4.74 Å². The van der Waals surface area contributed by atoms with Crippen LogP contribution < -0.4 is 0 Å². The minimum atomic E-state index is 0.336. The molecule has 3 unspecified atom stereocenters. The molecule has 3 atom stereocenters. The van der Waals surface area contributed by atoms with Crippen LogP contribution in [0.4, 0.5) is 0 Å². The van der Waals surface area contributed by atoms with Crippen LogP contribution in [0, 0.1) is 11.8 Å². The van der Waals surface area contributed by atoms with Gasteiger partial charge in [-0.05, 0) is 33.0 Å². The zero-order valence-corrected chi connectivity index (χ0v) is 10.4. The van der Waals surface area contributed by atoms with Crippen LogP contribution in [-0.4, -0.2) is 74.5 Å². The molecule has 4 nitrogen and oxygen atoms in total. The first-order valence-electron chi connectivity index (χ1n) is 6.28. The maximum absolute atomic E-state index is 9.17. The number of aliphatic hydroxyl groups is 1. The predicted molar refractivity (Wildman–Crippen MR) is 63.4 cm³/mol. The van der Waals surface area contributed by atoms with Crippen molar-refractivity contribution in [2.75, 3.05) is 53.6 Å². The first kappa shape index (κ1) is 12.3. The van der Waals surface area contributed by atoms with E-state index in [1.165, 1.54) is 0 Å². The SMILES string of the molecule is CN(C)CC1COCC1N1CCC(CO)C1. The molecule has 0 aromatic carbocycles. The van der Waals surface area contributed by atoms with E-state index >= 15 is 0 Å². The zero-order chi connectivity index (χ0) is 11.5. The number of rotatable bonds is 4. The highest BCUT2D eigenvalue weighted by Crippen LogP contribution is 2.26. The fraction of sp³-hybridized carbons (Fsp3) is 1.00. The average Bonchev–Trinajstić information content (AvgIpc) is 2.84. The Morgan fingerprint density at radius 3 is 2.81 bits per heavy atom. The van der Waals surface area contributed by atoms with Gasteiger partial charge in [0.25, 0.3) is 0 Å². The minimum absolute atomic E-state index is 0.336. The summed E-state index contributed by atoms with van der Waals surface area (Å²) in [7, 11) is 4.24. The Hall–Kier alpha value is -0.160. The van der Waals surface area contributed by atoms with E-state index in [1.54, 1.807) is 0 Å². The minimum Gasteiger partial charge on any atom is -0.396 e. The number of likely N-dealkylation sites (tertiary alicyclic amines) is 1. The van der Waals surface area contributed by atoms with E-state index in [1.807, 2.05) is 0 Å². The van der Waals surface area contributed by atoms with Gasteiger partial charge in [-0.1, -0.05) is 0 Å². The second-order valence-corrected chi connectivity index (χ2v) is 5.46. The Kier molecular flexibility index (Phi) is 4.19. The number of nitrogens with zero attached hydrogens (tertiary/aromatic N) is 2. The van der Waals surface area contributed by atoms with Gasteiger partial charge in [0.2, 0.25) is 0 Å². The topological polar surface area (TPSA) is 35.9 Å². The van der Waals surface area contributed by atoms with Crippen molar-refractivity contribution in [3.63, 3.8) is 0 Å². The lowest BCUT2D eigenvalue weighted by molar-refractivity contribution is 0.149. The summed E-state index contributed by atoms with van der Waals surface area (Å²) >= 11 is 0. The summed E-state index contributed by atoms with van der Waals surface area (Å²) in [6, 6.07) is 0.568. The molecule has 1 N–H and O–H groups in total. The van der Waals surface area contributed by atoms with Crippen LogP contribution in [0.2, 0.25) is 0 Å². The molecule has 0 aromatic heterocycles. The van der Waals surface area contributed by atoms with Crippen molar-refractivity contribution in [2.24, 2.45) is 11.8 Å². The highest BCUT2D eigenvalue weighted by Gasteiger charge is 2.36. The van der Waals surface area contributed by atoms with E-state index in [4.69, 9.17) is 4.74 Å². The van der Waals surface area contributed by atoms with Crippen LogP contribution in [0.15, 0.2) is 0 Å². The summed E-state index contributed by atoms with van der Waals surface area (Å²) in [6.07, 6.45) is 1.14. The normalized spacial score (nSPS) is 36.4. The van der Waals surface area contributed by atoms with Crippen LogP contribution in [0.25, 0.3) is 0 Å². The van der Waals surface area contributed by atoms with Crippen molar-refractivity contribution < 1.29 is 9.84 Å². The van der Waals surface area contributed by atoms with Crippen LogP contribution in [0.1, 0.15) is 6.42 Å². The highest BCUT2D eigenvalue weighted by molar-refractivity contribution is 4.89. The molecule has 2 fully saturated rings. The molecule has 0 bridgehead atoms. The Labute approximate surface area is 98.2 Å². The summed E-state index contributed by atoms with van der Waals surface area (Å²) in [6.45, 7) is 5.38. The van der Waals surface area contributed by atoms with Crippen molar-refractivity contribution in [3.05, 3.63) is 0 Å². The third-order valence-corrected chi connectivity index (χ3v) is 3.81. The maximum atomic E-state index is 9.17. The van der Waals surface area contributed by atoms with Gasteiger partial charge in [-0.2, -0.15) is 0 Å². The first-order valence-corrected chi connectivity index (χ1v) is 6.28. The standard InChI is InChI=1S/C12H24N2O2/c1-13(2)6-11-8-16-9-12(11)14-4-3-10(5-14)7-15/h10-12,15H,3-9H2,1-2H3. The summed E-state index contributed by atoms with van der Waals surface area (Å²) < 4.78 is 5.62. The van der Waals surface area contributed by atoms with Crippen molar-refractivity contribution in [3.8, 4) is 0 Å². The van der Waals surface area contributed by atoms with Gasteiger partial charge in [-0.3, -0.25) is 4.90 Å². The quantitative estimate of drug-likeness (QED) is 0.727. The lowest BCUT2D eigenvalue weighted by Gasteiger charge is -2.29. The van der Waals surface area contributed by atoms with Crippen molar-refractivity contribution in [2.45, 2.75) is 12.5 Å². The second-order valence-electron chi connectivity index (χ2n) is 5.46. The van der Waals surface area contributed by atoms with Gasteiger partial charge >= 0.3 is 0 Å². The third kappa shape index (κ3) is 2.74. The van der Waals surface area contributed by atoms with Gasteiger partial charge in [0, 0.05) is 31.7 Å². The van der Waals surface area contributed by atoms with E-state index in [9.17, 15) is 5.11 Å². The average molecular weight is 228 g/mol. The molecular formula is C12H24N2O2. The van der Waals surface area contributed by atoms with Crippen molar-refractivity contribution in [1.29, 1.82) is 0 Å². The Morgan fingerprint density at radius 2 is 2.19 bits per heavy atom. The Bertz CT molecular complexity index is 223.